The third-order valence-electron chi connectivity index (χ3n) is 3.96. The highest BCUT2D eigenvalue weighted by Gasteiger charge is 2.12. The Bertz CT molecular complexity index is 859. The molecule has 1 aromatic carbocycles. The number of amides is 1. The largest absolute Gasteiger partial charge is 0.378 e. The maximum Gasteiger partial charge on any atom is 0.253 e. The lowest BCUT2D eigenvalue weighted by Gasteiger charge is -2.28. The number of carbonyl (C=O) groups is 1. The summed E-state index contributed by atoms with van der Waals surface area (Å²) in [6.45, 7) is 3.29. The van der Waals surface area contributed by atoms with Crippen LogP contribution >= 0.6 is 11.8 Å². The molecule has 3 aromatic rings. The Kier molecular flexibility index (Phi) is 4.98. The van der Waals surface area contributed by atoms with Crippen LogP contribution in [0.5, 0.6) is 0 Å². The standard InChI is InChI=1S/C17H18N6O2S/c24-15(12-26-17-20-16-18-6-1-7-23(16)21-17)19-13-2-4-14(5-3-13)22-8-10-25-11-9-22/h1-7H,8-12H2,(H,19,24). The van der Waals surface area contributed by atoms with Crippen molar-refractivity contribution in [1.29, 1.82) is 0 Å². The average Bonchev–Trinajstić information content (AvgIpc) is 3.11. The maximum atomic E-state index is 12.2. The smallest absolute Gasteiger partial charge is 0.253 e. The molecule has 4 rings (SSSR count). The van der Waals surface area contributed by atoms with Gasteiger partial charge in [-0.1, -0.05) is 11.8 Å². The summed E-state index contributed by atoms with van der Waals surface area (Å²) in [5.74, 6) is 0.664. The second-order valence-electron chi connectivity index (χ2n) is 5.74. The van der Waals surface area contributed by atoms with Crippen molar-refractivity contribution < 1.29 is 9.53 Å². The van der Waals surface area contributed by atoms with Gasteiger partial charge in [-0.2, -0.15) is 4.98 Å². The van der Waals surface area contributed by atoms with Crippen molar-refractivity contribution in [3.8, 4) is 0 Å². The van der Waals surface area contributed by atoms with Crippen molar-refractivity contribution in [2.45, 2.75) is 5.16 Å². The molecule has 2 aromatic heterocycles. The Hall–Kier alpha value is -2.65. The zero-order chi connectivity index (χ0) is 17.8. The second-order valence-corrected chi connectivity index (χ2v) is 6.68. The Labute approximate surface area is 154 Å². The first-order valence-electron chi connectivity index (χ1n) is 8.31. The van der Waals surface area contributed by atoms with Crippen molar-refractivity contribution in [3.05, 3.63) is 42.7 Å². The fraction of sp³-hybridized carbons (Fsp3) is 0.294. The number of nitrogens with one attached hydrogen (secondary N) is 1. The van der Waals surface area contributed by atoms with E-state index >= 15 is 0 Å². The van der Waals surface area contributed by atoms with E-state index in [2.05, 4.69) is 25.3 Å². The molecule has 134 valence electrons. The molecule has 3 heterocycles. The molecule has 0 bridgehead atoms. The van der Waals surface area contributed by atoms with Gasteiger partial charge in [0.25, 0.3) is 5.78 Å². The van der Waals surface area contributed by atoms with Crippen LogP contribution in [0.15, 0.2) is 47.9 Å². The van der Waals surface area contributed by atoms with Gasteiger partial charge in [0.1, 0.15) is 0 Å². The quantitative estimate of drug-likeness (QED) is 0.684. The second kappa shape index (κ2) is 7.71. The van der Waals surface area contributed by atoms with Crippen LogP contribution in [0.25, 0.3) is 5.78 Å². The van der Waals surface area contributed by atoms with Gasteiger partial charge in [0.15, 0.2) is 0 Å². The van der Waals surface area contributed by atoms with E-state index in [4.69, 9.17) is 4.74 Å². The molecule has 1 N–H and O–H groups in total. The number of rotatable bonds is 5. The third-order valence-corrected chi connectivity index (χ3v) is 4.79. The molecule has 1 aliphatic rings. The van der Waals surface area contributed by atoms with E-state index in [-0.39, 0.29) is 11.7 Å². The summed E-state index contributed by atoms with van der Waals surface area (Å²) in [5, 5.41) is 7.69. The van der Waals surface area contributed by atoms with Crippen LogP contribution in [-0.4, -0.2) is 57.5 Å². The van der Waals surface area contributed by atoms with Gasteiger partial charge >= 0.3 is 0 Å². The van der Waals surface area contributed by atoms with Crippen molar-refractivity contribution in [2.24, 2.45) is 0 Å². The highest BCUT2D eigenvalue weighted by molar-refractivity contribution is 7.99. The number of ether oxygens (including phenoxy) is 1. The summed E-state index contributed by atoms with van der Waals surface area (Å²) in [7, 11) is 0. The maximum absolute atomic E-state index is 12.2. The number of anilines is 2. The average molecular weight is 370 g/mol. The Morgan fingerprint density at radius 3 is 2.81 bits per heavy atom. The molecule has 0 saturated carbocycles. The minimum atomic E-state index is -0.0964. The molecule has 1 aliphatic heterocycles. The van der Waals surface area contributed by atoms with Gasteiger partial charge in [-0.05, 0) is 30.3 Å². The number of thioether (sulfide) groups is 1. The van der Waals surface area contributed by atoms with Crippen LogP contribution < -0.4 is 10.2 Å². The number of morpholine rings is 1. The van der Waals surface area contributed by atoms with Crippen LogP contribution in [0.1, 0.15) is 0 Å². The number of carbonyl (C=O) groups excluding carboxylic acids is 1. The van der Waals surface area contributed by atoms with E-state index in [1.807, 2.05) is 24.3 Å². The fourth-order valence-corrected chi connectivity index (χ4v) is 3.30. The Morgan fingerprint density at radius 2 is 2.04 bits per heavy atom. The topological polar surface area (TPSA) is 84.7 Å². The van der Waals surface area contributed by atoms with Crippen molar-refractivity contribution in [3.63, 3.8) is 0 Å². The van der Waals surface area contributed by atoms with E-state index in [0.29, 0.717) is 10.9 Å². The first-order valence-corrected chi connectivity index (χ1v) is 9.29. The Balaban J connectivity index is 1.31. The molecule has 0 atom stereocenters. The van der Waals surface area contributed by atoms with Crippen LogP contribution in [0.3, 0.4) is 0 Å². The highest BCUT2D eigenvalue weighted by atomic mass is 32.2. The van der Waals surface area contributed by atoms with Gasteiger partial charge in [-0.15, -0.1) is 5.10 Å². The number of fused-ring (bicyclic) bond motifs is 1. The number of nitrogens with zero attached hydrogens (tertiary/aromatic N) is 5. The minimum absolute atomic E-state index is 0.0964. The molecule has 0 aliphatic carbocycles. The molecule has 0 radical (unpaired) electrons. The van der Waals surface area contributed by atoms with Crippen molar-refractivity contribution in [2.75, 3.05) is 42.3 Å². The molecular formula is C17H18N6O2S. The van der Waals surface area contributed by atoms with Crippen molar-refractivity contribution >= 4 is 34.8 Å². The third kappa shape index (κ3) is 3.94. The zero-order valence-corrected chi connectivity index (χ0v) is 14.9. The normalized spacial score (nSPS) is 14.5. The van der Waals surface area contributed by atoms with Crippen LogP contribution in [0.2, 0.25) is 0 Å². The van der Waals surface area contributed by atoms with E-state index in [9.17, 15) is 4.79 Å². The van der Waals surface area contributed by atoms with E-state index in [1.165, 1.54) is 11.8 Å². The lowest BCUT2D eigenvalue weighted by Crippen LogP contribution is -2.36. The number of benzene rings is 1. The monoisotopic (exact) mass is 370 g/mol. The Morgan fingerprint density at radius 1 is 1.23 bits per heavy atom. The van der Waals surface area contributed by atoms with E-state index < -0.39 is 0 Å². The number of hydrogen-bond donors (Lipinski definition) is 1. The lowest BCUT2D eigenvalue weighted by molar-refractivity contribution is -0.113. The zero-order valence-electron chi connectivity index (χ0n) is 14.0. The summed E-state index contributed by atoms with van der Waals surface area (Å²) in [5.41, 5.74) is 1.92. The van der Waals surface area contributed by atoms with Gasteiger partial charge in [-0.25, -0.2) is 9.50 Å². The first-order chi connectivity index (χ1) is 12.8. The minimum Gasteiger partial charge on any atom is -0.378 e. The molecule has 0 spiro atoms. The SMILES string of the molecule is O=C(CSc1nc2ncccn2n1)Nc1ccc(N2CCOCC2)cc1. The predicted octanol–water partition coefficient (Wildman–Crippen LogP) is 1.69. The number of aromatic nitrogens is 4. The lowest BCUT2D eigenvalue weighted by atomic mass is 10.2. The number of hydrogen-bond acceptors (Lipinski definition) is 7. The first kappa shape index (κ1) is 16.8. The van der Waals surface area contributed by atoms with E-state index in [0.717, 1.165) is 37.7 Å². The predicted molar refractivity (Wildman–Crippen MR) is 99.6 cm³/mol. The molecule has 9 heteroatoms. The van der Waals surface area contributed by atoms with Gasteiger partial charge < -0.3 is 15.0 Å². The summed E-state index contributed by atoms with van der Waals surface area (Å²) < 4.78 is 6.95. The van der Waals surface area contributed by atoms with Crippen molar-refractivity contribution in [1.82, 2.24) is 19.6 Å². The summed E-state index contributed by atoms with van der Waals surface area (Å²) in [6.07, 6.45) is 3.43. The highest BCUT2D eigenvalue weighted by Crippen LogP contribution is 2.20. The molecule has 26 heavy (non-hydrogen) atoms. The molecule has 1 fully saturated rings. The van der Waals surface area contributed by atoms with Gasteiger partial charge in [0.05, 0.1) is 19.0 Å². The van der Waals surface area contributed by atoms with Gasteiger partial charge in [0, 0.05) is 36.9 Å². The summed E-state index contributed by atoms with van der Waals surface area (Å²) in [4.78, 5) is 22.8. The molecule has 1 saturated heterocycles. The summed E-state index contributed by atoms with van der Waals surface area (Å²) >= 11 is 1.28. The van der Waals surface area contributed by atoms with Gasteiger partial charge in [0.2, 0.25) is 11.1 Å². The molecule has 1 amide bonds. The molecule has 0 unspecified atom stereocenters. The summed E-state index contributed by atoms with van der Waals surface area (Å²) in [6, 6.07) is 9.65. The van der Waals surface area contributed by atoms with Crippen LogP contribution in [-0.2, 0) is 9.53 Å². The van der Waals surface area contributed by atoms with E-state index in [1.54, 1.807) is 23.0 Å². The fourth-order valence-electron chi connectivity index (χ4n) is 2.68. The molecule has 8 nitrogen and oxygen atoms in total. The van der Waals surface area contributed by atoms with Crippen LogP contribution in [0, 0.1) is 0 Å². The molecular weight excluding hydrogens is 352 g/mol. The van der Waals surface area contributed by atoms with Crippen LogP contribution in [0.4, 0.5) is 11.4 Å². The van der Waals surface area contributed by atoms with Gasteiger partial charge in [-0.3, -0.25) is 4.79 Å².